The molecule has 29 heavy (non-hydrogen) atoms. The molecular formula is C25H30O4. The van der Waals surface area contributed by atoms with Gasteiger partial charge in [0, 0.05) is 5.92 Å². The Bertz CT molecular complexity index is 889. The number of ether oxygens (including phenoxy) is 1. The summed E-state index contributed by atoms with van der Waals surface area (Å²) in [6.07, 6.45) is 4.37. The van der Waals surface area contributed by atoms with E-state index < -0.39 is 5.97 Å². The van der Waals surface area contributed by atoms with Gasteiger partial charge in [-0.05, 0) is 59.1 Å². The molecule has 0 saturated heterocycles. The van der Waals surface area contributed by atoms with E-state index in [2.05, 4.69) is 33.8 Å². The highest BCUT2D eigenvalue weighted by molar-refractivity contribution is 5.68. The molecule has 4 nitrogen and oxygen atoms in total. The van der Waals surface area contributed by atoms with Gasteiger partial charge in [0.25, 0.3) is 0 Å². The van der Waals surface area contributed by atoms with Crippen molar-refractivity contribution in [3.63, 3.8) is 0 Å². The van der Waals surface area contributed by atoms with Crippen LogP contribution in [-0.4, -0.2) is 22.8 Å². The molecule has 0 bridgehead atoms. The second-order valence-corrected chi connectivity index (χ2v) is 9.50. The van der Waals surface area contributed by atoms with Crippen LogP contribution in [0.3, 0.4) is 0 Å². The van der Waals surface area contributed by atoms with Gasteiger partial charge in [0.2, 0.25) is 0 Å². The van der Waals surface area contributed by atoms with Crippen molar-refractivity contribution in [2.75, 3.05) is 6.61 Å². The summed E-state index contributed by atoms with van der Waals surface area (Å²) in [4.78, 5) is 10.7. The van der Waals surface area contributed by atoms with Crippen LogP contribution in [-0.2, 0) is 4.79 Å². The van der Waals surface area contributed by atoms with Crippen molar-refractivity contribution in [1.82, 2.24) is 0 Å². The Hall–Kier alpha value is -2.75. The van der Waals surface area contributed by atoms with E-state index in [9.17, 15) is 9.90 Å². The van der Waals surface area contributed by atoms with Gasteiger partial charge in [-0.25, -0.2) is 4.79 Å². The van der Waals surface area contributed by atoms with E-state index in [1.165, 1.54) is 11.1 Å². The summed E-state index contributed by atoms with van der Waals surface area (Å²) in [6, 6.07) is 15.1. The molecule has 0 amide bonds. The summed E-state index contributed by atoms with van der Waals surface area (Å²) >= 11 is 0. The second kappa shape index (κ2) is 7.94. The molecule has 1 atom stereocenters. The number of aromatic hydroxyl groups is 1. The second-order valence-electron chi connectivity index (χ2n) is 9.50. The lowest BCUT2D eigenvalue weighted by atomic mass is 9.56. The number of rotatable bonds is 5. The van der Waals surface area contributed by atoms with Crippen LogP contribution in [0, 0.1) is 10.8 Å². The van der Waals surface area contributed by atoms with Crippen molar-refractivity contribution >= 4 is 12.0 Å². The Morgan fingerprint density at radius 2 is 1.69 bits per heavy atom. The summed E-state index contributed by atoms with van der Waals surface area (Å²) in [6.45, 7) is 8.94. The summed E-state index contributed by atoms with van der Waals surface area (Å²) in [5.74, 6) is 0.109. The van der Waals surface area contributed by atoms with Crippen LogP contribution in [0.4, 0.5) is 0 Å². The number of carboxylic acid groups (broad SMARTS) is 1. The lowest BCUT2D eigenvalue weighted by Gasteiger charge is -2.48. The normalized spacial score (nSPS) is 21.7. The van der Waals surface area contributed by atoms with Crippen molar-refractivity contribution in [2.45, 2.75) is 46.5 Å². The maximum absolute atomic E-state index is 10.7. The lowest BCUT2D eigenvalue weighted by molar-refractivity contribution is -0.139. The molecule has 1 aliphatic carbocycles. The molecule has 2 aromatic carbocycles. The number of allylic oxidation sites excluding steroid dienone is 1. The highest BCUT2D eigenvalue weighted by Gasteiger charge is 2.43. The van der Waals surface area contributed by atoms with Crippen LogP contribution in [0.2, 0.25) is 0 Å². The average molecular weight is 395 g/mol. The topological polar surface area (TPSA) is 66.8 Å². The fourth-order valence-electron chi connectivity index (χ4n) is 5.04. The molecule has 1 aliphatic rings. The smallest absolute Gasteiger partial charge is 0.341 e. The monoisotopic (exact) mass is 394 g/mol. The number of phenolic OH excluding ortho intramolecular Hbond substituents is 1. The van der Waals surface area contributed by atoms with Gasteiger partial charge in [0.15, 0.2) is 6.61 Å². The molecule has 3 rings (SSSR count). The van der Waals surface area contributed by atoms with Crippen LogP contribution in [0.5, 0.6) is 11.5 Å². The molecule has 1 saturated carbocycles. The van der Waals surface area contributed by atoms with E-state index in [0.717, 1.165) is 18.4 Å². The zero-order valence-electron chi connectivity index (χ0n) is 17.6. The quantitative estimate of drug-likeness (QED) is 0.666. The molecule has 1 fully saturated rings. The van der Waals surface area contributed by atoms with Crippen LogP contribution < -0.4 is 4.74 Å². The Morgan fingerprint density at radius 1 is 1.07 bits per heavy atom. The Kier molecular flexibility index (Phi) is 5.74. The van der Waals surface area contributed by atoms with Gasteiger partial charge in [-0.15, -0.1) is 0 Å². The van der Waals surface area contributed by atoms with Crippen molar-refractivity contribution in [3.8, 4) is 11.5 Å². The van der Waals surface area contributed by atoms with Gasteiger partial charge in [-0.2, -0.15) is 0 Å². The summed E-state index contributed by atoms with van der Waals surface area (Å²) in [5.41, 5.74) is 3.94. The third-order valence-electron chi connectivity index (χ3n) is 5.59. The van der Waals surface area contributed by atoms with E-state index in [0.29, 0.717) is 5.75 Å². The average Bonchev–Trinajstić information content (AvgIpc) is 2.60. The minimum absolute atomic E-state index is 0.0785. The van der Waals surface area contributed by atoms with Gasteiger partial charge in [0.05, 0.1) is 0 Å². The van der Waals surface area contributed by atoms with Gasteiger partial charge >= 0.3 is 5.97 Å². The maximum atomic E-state index is 10.7. The summed E-state index contributed by atoms with van der Waals surface area (Å²) < 4.78 is 5.24. The Morgan fingerprint density at radius 3 is 2.28 bits per heavy atom. The van der Waals surface area contributed by atoms with E-state index in [1.54, 1.807) is 12.1 Å². The Labute approximate surface area is 172 Å². The minimum Gasteiger partial charge on any atom is -0.508 e. The highest BCUT2D eigenvalue weighted by Crippen LogP contribution is 2.56. The number of benzene rings is 2. The zero-order chi connectivity index (χ0) is 21.2. The first-order valence-electron chi connectivity index (χ1n) is 10.00. The predicted molar refractivity (Wildman–Crippen MR) is 115 cm³/mol. The van der Waals surface area contributed by atoms with Crippen molar-refractivity contribution in [1.29, 1.82) is 0 Å². The van der Waals surface area contributed by atoms with Crippen LogP contribution in [0.25, 0.3) is 6.08 Å². The van der Waals surface area contributed by atoms with Crippen LogP contribution in [0.1, 0.15) is 57.6 Å². The number of carbonyl (C=O) groups is 1. The first-order chi connectivity index (χ1) is 13.6. The predicted octanol–water partition coefficient (Wildman–Crippen LogP) is 5.87. The highest BCUT2D eigenvalue weighted by atomic mass is 16.5. The molecule has 0 aromatic heterocycles. The molecule has 0 radical (unpaired) electrons. The van der Waals surface area contributed by atoms with E-state index in [1.807, 2.05) is 36.4 Å². The fraction of sp³-hybridized carbons (Fsp3) is 0.400. The standard InChI is InChI=1S/C25H30O4/c1-24(2)14-19(13-17-5-11-21(12-6-17)29-15-22(27)28)23(25(3,4)16-24)18-7-9-20(26)10-8-18/h5-13,23,26H,14-16H2,1-4H3,(H,27,28). The first kappa shape index (κ1) is 21.0. The number of carboxylic acids is 1. The van der Waals surface area contributed by atoms with E-state index >= 15 is 0 Å². The molecule has 2 aromatic rings. The summed E-state index contributed by atoms with van der Waals surface area (Å²) in [7, 11) is 0. The molecule has 154 valence electrons. The van der Waals surface area contributed by atoms with Gasteiger partial charge in [0.1, 0.15) is 11.5 Å². The summed E-state index contributed by atoms with van der Waals surface area (Å²) in [5, 5.41) is 18.5. The van der Waals surface area contributed by atoms with Crippen molar-refractivity contribution in [3.05, 3.63) is 65.2 Å². The molecular weight excluding hydrogens is 364 g/mol. The third-order valence-corrected chi connectivity index (χ3v) is 5.59. The maximum Gasteiger partial charge on any atom is 0.341 e. The minimum atomic E-state index is -0.986. The zero-order valence-corrected chi connectivity index (χ0v) is 17.6. The number of hydrogen-bond donors (Lipinski definition) is 2. The Balaban J connectivity index is 1.95. The molecule has 1 unspecified atom stereocenters. The van der Waals surface area contributed by atoms with Crippen molar-refractivity contribution in [2.24, 2.45) is 10.8 Å². The molecule has 0 aliphatic heterocycles. The lowest BCUT2D eigenvalue weighted by Crippen LogP contribution is -2.36. The third kappa shape index (κ3) is 5.20. The number of aliphatic carboxylic acids is 1. The SMILES string of the molecule is CC1(C)CC(=Cc2ccc(OCC(=O)O)cc2)C(c2ccc(O)cc2)C(C)(C)C1. The van der Waals surface area contributed by atoms with Crippen molar-refractivity contribution < 1.29 is 19.7 Å². The van der Waals surface area contributed by atoms with Gasteiger partial charge < -0.3 is 14.9 Å². The van der Waals surface area contributed by atoms with E-state index in [-0.39, 0.29) is 29.1 Å². The molecule has 2 N–H and O–H groups in total. The fourth-order valence-corrected chi connectivity index (χ4v) is 5.04. The molecule has 4 heteroatoms. The first-order valence-corrected chi connectivity index (χ1v) is 10.00. The largest absolute Gasteiger partial charge is 0.508 e. The number of phenols is 1. The number of hydrogen-bond acceptors (Lipinski definition) is 3. The van der Waals surface area contributed by atoms with Crippen LogP contribution >= 0.6 is 0 Å². The molecule has 0 heterocycles. The molecule has 0 spiro atoms. The van der Waals surface area contributed by atoms with E-state index in [4.69, 9.17) is 9.84 Å². The van der Waals surface area contributed by atoms with Gasteiger partial charge in [-0.1, -0.05) is 63.6 Å². The van der Waals surface area contributed by atoms with Crippen LogP contribution in [0.15, 0.2) is 54.1 Å². The van der Waals surface area contributed by atoms with Gasteiger partial charge in [-0.3, -0.25) is 0 Å².